The van der Waals surface area contributed by atoms with E-state index in [1.807, 2.05) is 43.3 Å². The maximum Gasteiger partial charge on any atom is 0.244 e. The van der Waals surface area contributed by atoms with Crippen molar-refractivity contribution in [3.8, 4) is 5.75 Å². The van der Waals surface area contributed by atoms with Gasteiger partial charge in [-0.2, -0.15) is 0 Å². The largest absolute Gasteiger partial charge is 0.497 e. The molecule has 0 aromatic heterocycles. The van der Waals surface area contributed by atoms with Crippen LogP contribution in [0.15, 0.2) is 48.6 Å². The van der Waals surface area contributed by atoms with Gasteiger partial charge in [0.15, 0.2) is 0 Å². The van der Waals surface area contributed by atoms with E-state index in [9.17, 15) is 4.79 Å². The molecule has 1 N–H and O–H groups in total. The summed E-state index contributed by atoms with van der Waals surface area (Å²) in [5, 5.41) is 3.14. The molecule has 0 unspecified atom stereocenters. The Bertz CT molecular complexity index is 510. The van der Waals surface area contributed by atoms with E-state index in [1.54, 1.807) is 19.3 Å². The van der Waals surface area contributed by atoms with E-state index in [0.717, 1.165) is 30.6 Å². The average molecular weight is 271 g/mol. The van der Waals surface area contributed by atoms with Gasteiger partial charge in [0.1, 0.15) is 5.75 Å². The third-order valence-electron chi connectivity index (χ3n) is 3.76. The Morgan fingerprint density at radius 1 is 1.25 bits per heavy atom. The maximum absolute atomic E-state index is 12.0. The minimum Gasteiger partial charge on any atom is -0.497 e. The SMILES string of the molecule is C/C=C/C=C/C(=O)NC1(c2ccc(OC)cc2)CCC1. The highest BCUT2D eigenvalue weighted by molar-refractivity contribution is 5.88. The Hall–Kier alpha value is -2.03. The summed E-state index contributed by atoms with van der Waals surface area (Å²) >= 11 is 0. The molecule has 2 rings (SSSR count). The lowest BCUT2D eigenvalue weighted by molar-refractivity contribution is -0.119. The molecule has 0 radical (unpaired) electrons. The normalized spacial score (nSPS) is 17.1. The van der Waals surface area contributed by atoms with Gasteiger partial charge in [-0.05, 0) is 43.9 Å². The first-order valence-corrected chi connectivity index (χ1v) is 6.96. The number of allylic oxidation sites excluding steroid dienone is 3. The fourth-order valence-corrected chi connectivity index (χ4v) is 2.46. The smallest absolute Gasteiger partial charge is 0.244 e. The summed E-state index contributed by atoms with van der Waals surface area (Å²) in [6, 6.07) is 7.95. The van der Waals surface area contributed by atoms with E-state index < -0.39 is 0 Å². The highest BCUT2D eigenvalue weighted by Gasteiger charge is 2.39. The lowest BCUT2D eigenvalue weighted by atomic mass is 9.71. The van der Waals surface area contributed by atoms with Crippen LogP contribution < -0.4 is 10.1 Å². The van der Waals surface area contributed by atoms with Crippen LogP contribution in [0.3, 0.4) is 0 Å². The van der Waals surface area contributed by atoms with Gasteiger partial charge in [0, 0.05) is 6.08 Å². The highest BCUT2D eigenvalue weighted by atomic mass is 16.5. The van der Waals surface area contributed by atoms with Gasteiger partial charge in [-0.1, -0.05) is 30.4 Å². The lowest BCUT2D eigenvalue weighted by Gasteiger charge is -2.43. The van der Waals surface area contributed by atoms with Crippen molar-refractivity contribution < 1.29 is 9.53 Å². The Kier molecular flexibility index (Phi) is 4.61. The summed E-state index contributed by atoms with van der Waals surface area (Å²) in [6.45, 7) is 1.92. The Morgan fingerprint density at radius 3 is 2.45 bits per heavy atom. The first-order valence-electron chi connectivity index (χ1n) is 6.96. The number of carbonyl (C=O) groups excluding carboxylic acids is 1. The molecule has 0 bridgehead atoms. The van der Waals surface area contributed by atoms with Crippen LogP contribution in [-0.4, -0.2) is 13.0 Å². The fraction of sp³-hybridized carbons (Fsp3) is 0.353. The van der Waals surface area contributed by atoms with Crippen molar-refractivity contribution >= 4 is 5.91 Å². The molecule has 1 fully saturated rings. The molecule has 1 aliphatic carbocycles. The topological polar surface area (TPSA) is 38.3 Å². The molecular weight excluding hydrogens is 250 g/mol. The molecule has 1 aromatic carbocycles. The van der Waals surface area contributed by atoms with Crippen molar-refractivity contribution in [1.29, 1.82) is 0 Å². The van der Waals surface area contributed by atoms with Crippen molar-refractivity contribution in [3.63, 3.8) is 0 Å². The molecule has 3 nitrogen and oxygen atoms in total. The van der Waals surface area contributed by atoms with Gasteiger partial charge in [-0.25, -0.2) is 0 Å². The number of ether oxygens (including phenoxy) is 1. The van der Waals surface area contributed by atoms with Crippen LogP contribution in [0.2, 0.25) is 0 Å². The highest BCUT2D eigenvalue weighted by Crippen LogP contribution is 2.41. The monoisotopic (exact) mass is 271 g/mol. The molecule has 0 atom stereocenters. The number of methoxy groups -OCH3 is 1. The minimum absolute atomic E-state index is 0.0429. The quantitative estimate of drug-likeness (QED) is 0.659. The fourth-order valence-electron chi connectivity index (χ4n) is 2.46. The van der Waals surface area contributed by atoms with E-state index in [-0.39, 0.29) is 11.4 Å². The molecule has 1 aromatic rings. The van der Waals surface area contributed by atoms with Crippen molar-refractivity contribution in [2.75, 3.05) is 7.11 Å². The standard InChI is InChI=1S/C17H21NO2/c1-3-4-5-7-16(19)18-17(12-6-13-17)14-8-10-15(20-2)11-9-14/h3-5,7-11H,6,12-13H2,1-2H3,(H,18,19)/b4-3+,7-5+. The first kappa shape index (κ1) is 14.4. The van der Waals surface area contributed by atoms with Crippen LogP contribution in [0, 0.1) is 0 Å². The van der Waals surface area contributed by atoms with Gasteiger partial charge >= 0.3 is 0 Å². The second-order valence-corrected chi connectivity index (χ2v) is 5.04. The molecule has 0 saturated heterocycles. The van der Waals surface area contributed by atoms with Crippen molar-refractivity contribution in [1.82, 2.24) is 5.32 Å². The third-order valence-corrected chi connectivity index (χ3v) is 3.76. The van der Waals surface area contributed by atoms with Gasteiger partial charge < -0.3 is 10.1 Å². The second kappa shape index (κ2) is 6.42. The van der Waals surface area contributed by atoms with E-state index in [4.69, 9.17) is 4.74 Å². The number of rotatable bonds is 5. The number of hydrogen-bond acceptors (Lipinski definition) is 2. The van der Waals surface area contributed by atoms with E-state index in [0.29, 0.717) is 0 Å². The summed E-state index contributed by atoms with van der Waals surface area (Å²) < 4.78 is 5.17. The van der Waals surface area contributed by atoms with E-state index in [1.165, 1.54) is 0 Å². The van der Waals surface area contributed by atoms with Crippen LogP contribution in [0.1, 0.15) is 31.7 Å². The lowest BCUT2D eigenvalue weighted by Crippen LogP contribution is -2.50. The Labute approximate surface area is 120 Å². The van der Waals surface area contributed by atoms with Crippen molar-refractivity contribution in [2.45, 2.75) is 31.7 Å². The van der Waals surface area contributed by atoms with Crippen LogP contribution >= 0.6 is 0 Å². The average Bonchev–Trinajstić information content (AvgIpc) is 2.43. The summed E-state index contributed by atoms with van der Waals surface area (Å²) in [5.41, 5.74) is 0.946. The molecule has 1 aliphatic rings. The number of hydrogen-bond donors (Lipinski definition) is 1. The van der Waals surface area contributed by atoms with Gasteiger partial charge in [0.2, 0.25) is 5.91 Å². The van der Waals surface area contributed by atoms with Crippen LogP contribution in [-0.2, 0) is 10.3 Å². The number of benzene rings is 1. The van der Waals surface area contributed by atoms with Gasteiger partial charge in [-0.3, -0.25) is 4.79 Å². The molecule has 0 spiro atoms. The zero-order chi connectivity index (χ0) is 14.4. The minimum atomic E-state index is -0.205. The maximum atomic E-state index is 12.0. The number of carbonyl (C=O) groups is 1. The summed E-state index contributed by atoms with van der Waals surface area (Å²) in [7, 11) is 1.65. The molecule has 0 aliphatic heterocycles. The second-order valence-electron chi connectivity index (χ2n) is 5.04. The predicted molar refractivity (Wildman–Crippen MR) is 80.6 cm³/mol. The van der Waals surface area contributed by atoms with Crippen molar-refractivity contribution in [3.05, 3.63) is 54.1 Å². The third kappa shape index (κ3) is 3.10. The molecule has 1 saturated carbocycles. The summed E-state index contributed by atoms with van der Waals surface area (Å²) in [6.07, 6.45) is 10.2. The summed E-state index contributed by atoms with van der Waals surface area (Å²) in [4.78, 5) is 12.0. The van der Waals surface area contributed by atoms with Crippen LogP contribution in [0.5, 0.6) is 5.75 Å². The van der Waals surface area contributed by atoms with Crippen LogP contribution in [0.4, 0.5) is 0 Å². The number of nitrogens with one attached hydrogen (secondary N) is 1. The summed E-state index contributed by atoms with van der Waals surface area (Å²) in [5.74, 6) is 0.793. The van der Waals surface area contributed by atoms with Gasteiger partial charge in [0.05, 0.1) is 12.6 Å². The molecule has 20 heavy (non-hydrogen) atoms. The molecule has 106 valence electrons. The Morgan fingerprint density at radius 2 is 1.95 bits per heavy atom. The molecule has 3 heteroatoms. The number of amides is 1. The van der Waals surface area contributed by atoms with Gasteiger partial charge in [0.25, 0.3) is 0 Å². The molecule has 0 heterocycles. The first-order chi connectivity index (χ1) is 9.70. The molecule has 1 amide bonds. The predicted octanol–water partition coefficient (Wildman–Crippen LogP) is 3.32. The Balaban J connectivity index is 2.10. The van der Waals surface area contributed by atoms with E-state index in [2.05, 4.69) is 5.32 Å². The van der Waals surface area contributed by atoms with Crippen LogP contribution in [0.25, 0.3) is 0 Å². The van der Waals surface area contributed by atoms with Gasteiger partial charge in [-0.15, -0.1) is 0 Å². The van der Waals surface area contributed by atoms with E-state index >= 15 is 0 Å². The molecular formula is C17H21NO2. The zero-order valence-corrected chi connectivity index (χ0v) is 12.1. The zero-order valence-electron chi connectivity index (χ0n) is 12.1. The van der Waals surface area contributed by atoms with Crippen molar-refractivity contribution in [2.24, 2.45) is 0 Å².